The molecule has 3 nitrogen and oxygen atoms in total. The molecule has 4 heteroatoms. The molecule has 0 radical (unpaired) electrons. The van der Waals surface area contributed by atoms with Crippen LogP contribution >= 0.6 is 0 Å². The average Bonchev–Trinajstić information content (AvgIpc) is 2.82. The zero-order chi connectivity index (χ0) is 14.8. The van der Waals surface area contributed by atoms with Gasteiger partial charge in [-0.15, -0.1) is 0 Å². The molecule has 0 aliphatic rings. The maximum absolute atomic E-state index is 6.22. The summed E-state index contributed by atoms with van der Waals surface area (Å²) >= 11 is 0. The zero-order valence-corrected chi connectivity index (χ0v) is 14.3. The molecule has 0 atom stereocenters. The average molecular weight is 290 g/mol. The van der Waals surface area contributed by atoms with Gasteiger partial charge in [-0.1, -0.05) is 26.8 Å². The summed E-state index contributed by atoms with van der Waals surface area (Å²) in [7, 11) is -1.60. The third kappa shape index (κ3) is 3.30. The molecule has 0 unspecified atom stereocenters. The number of hydrogen-bond donors (Lipinski definition) is 0. The van der Waals surface area contributed by atoms with E-state index in [9.17, 15) is 0 Å². The highest BCUT2D eigenvalue weighted by atomic mass is 28.4. The number of pyridine rings is 1. The Labute approximate surface area is 123 Å². The van der Waals surface area contributed by atoms with E-state index in [1.807, 2.05) is 18.5 Å². The van der Waals surface area contributed by atoms with E-state index >= 15 is 0 Å². The van der Waals surface area contributed by atoms with Crippen LogP contribution in [0.4, 0.5) is 0 Å². The van der Waals surface area contributed by atoms with E-state index in [1.54, 1.807) is 0 Å². The standard InChI is InChI=1S/C16H26N2OSi/c1-16(2,3)20(4,5)19-13-7-9-14-8-6-10-15-17-11-12-18(14)15/h6,8,10-12H,7,9,13H2,1-5H3. The number of rotatable bonds is 5. The molecule has 20 heavy (non-hydrogen) atoms. The third-order valence-electron chi connectivity index (χ3n) is 4.36. The first-order valence-electron chi connectivity index (χ1n) is 7.36. The lowest BCUT2D eigenvalue weighted by Crippen LogP contribution is -2.41. The van der Waals surface area contributed by atoms with E-state index in [0.717, 1.165) is 25.1 Å². The van der Waals surface area contributed by atoms with Gasteiger partial charge in [0.05, 0.1) is 0 Å². The van der Waals surface area contributed by atoms with Gasteiger partial charge in [0.1, 0.15) is 5.65 Å². The predicted molar refractivity (Wildman–Crippen MR) is 86.7 cm³/mol. The fourth-order valence-electron chi connectivity index (χ4n) is 2.01. The zero-order valence-electron chi connectivity index (χ0n) is 13.3. The fraction of sp³-hybridized carbons (Fsp3) is 0.562. The van der Waals surface area contributed by atoms with E-state index in [0.29, 0.717) is 0 Å². The van der Waals surface area contributed by atoms with Crippen molar-refractivity contribution < 1.29 is 4.43 Å². The highest BCUT2D eigenvalue weighted by molar-refractivity contribution is 6.74. The minimum absolute atomic E-state index is 0.289. The highest BCUT2D eigenvalue weighted by Crippen LogP contribution is 2.36. The van der Waals surface area contributed by atoms with Crippen LogP contribution in [0.25, 0.3) is 5.65 Å². The molecule has 2 rings (SSSR count). The van der Waals surface area contributed by atoms with Crippen LogP contribution in [0.5, 0.6) is 0 Å². The quantitative estimate of drug-likeness (QED) is 0.606. The van der Waals surface area contributed by atoms with Crippen LogP contribution in [0.15, 0.2) is 30.6 Å². The van der Waals surface area contributed by atoms with Crippen LogP contribution in [-0.2, 0) is 10.8 Å². The van der Waals surface area contributed by atoms with Crippen LogP contribution in [0.1, 0.15) is 32.9 Å². The van der Waals surface area contributed by atoms with Crippen molar-refractivity contribution >= 4 is 14.0 Å². The number of fused-ring (bicyclic) bond motifs is 1. The van der Waals surface area contributed by atoms with Gasteiger partial charge in [0.2, 0.25) is 0 Å². The van der Waals surface area contributed by atoms with Crippen LogP contribution in [0, 0.1) is 0 Å². The summed E-state index contributed by atoms with van der Waals surface area (Å²) in [6.07, 6.45) is 5.97. The highest BCUT2D eigenvalue weighted by Gasteiger charge is 2.36. The second-order valence-electron chi connectivity index (χ2n) is 6.88. The minimum Gasteiger partial charge on any atom is -0.417 e. The number of aromatic nitrogens is 2. The van der Waals surface area contributed by atoms with Gasteiger partial charge in [0.25, 0.3) is 0 Å². The maximum Gasteiger partial charge on any atom is 0.191 e. The summed E-state index contributed by atoms with van der Waals surface area (Å²) < 4.78 is 8.38. The first-order chi connectivity index (χ1) is 9.31. The van der Waals surface area contributed by atoms with Gasteiger partial charge in [-0.25, -0.2) is 4.98 Å². The van der Waals surface area contributed by atoms with Crippen molar-refractivity contribution in [2.45, 2.75) is 51.7 Å². The molecule has 2 aromatic rings. The summed E-state index contributed by atoms with van der Waals surface area (Å²) in [5, 5.41) is 0.289. The second kappa shape index (κ2) is 5.70. The maximum atomic E-state index is 6.22. The second-order valence-corrected chi connectivity index (χ2v) is 11.7. The van der Waals surface area contributed by atoms with Gasteiger partial charge in [-0.2, -0.15) is 0 Å². The molecule has 0 aliphatic heterocycles. The van der Waals surface area contributed by atoms with Crippen molar-refractivity contribution in [2.24, 2.45) is 0 Å². The molecule has 0 aromatic carbocycles. The summed E-state index contributed by atoms with van der Waals surface area (Å²) in [5.41, 5.74) is 2.33. The van der Waals surface area contributed by atoms with E-state index in [1.165, 1.54) is 5.69 Å². The molecule has 0 aliphatic carbocycles. The number of aryl methyl sites for hydroxylation is 1. The first kappa shape index (κ1) is 15.3. The number of hydrogen-bond acceptors (Lipinski definition) is 2. The normalized spacial score (nSPS) is 13.1. The SMILES string of the molecule is CC(C)(C)[Si](C)(C)OCCCc1cccc2nccn12. The summed E-state index contributed by atoms with van der Waals surface area (Å²) in [5.74, 6) is 0. The Morgan fingerprint density at radius 1 is 1.25 bits per heavy atom. The van der Waals surface area contributed by atoms with E-state index in [-0.39, 0.29) is 5.04 Å². The Bertz CT molecular complexity index is 569. The van der Waals surface area contributed by atoms with Crippen LogP contribution < -0.4 is 0 Å². The molecular formula is C16H26N2OSi. The lowest BCUT2D eigenvalue weighted by Gasteiger charge is -2.36. The fourth-order valence-corrected chi connectivity index (χ4v) is 3.10. The number of imidazole rings is 1. The first-order valence-corrected chi connectivity index (χ1v) is 10.3. The lowest BCUT2D eigenvalue weighted by molar-refractivity contribution is 0.282. The van der Waals surface area contributed by atoms with Gasteiger partial charge in [0, 0.05) is 24.7 Å². The van der Waals surface area contributed by atoms with E-state index < -0.39 is 8.32 Å². The topological polar surface area (TPSA) is 26.5 Å². The lowest BCUT2D eigenvalue weighted by atomic mass is 10.2. The van der Waals surface area contributed by atoms with E-state index in [2.05, 4.69) is 55.4 Å². The molecule has 0 amide bonds. The Hall–Kier alpha value is -1.13. The van der Waals surface area contributed by atoms with Crippen molar-refractivity contribution in [1.29, 1.82) is 0 Å². The van der Waals surface area contributed by atoms with Crippen LogP contribution in [0.2, 0.25) is 18.1 Å². The minimum atomic E-state index is -1.60. The van der Waals surface area contributed by atoms with Crippen LogP contribution in [0.3, 0.4) is 0 Å². The summed E-state index contributed by atoms with van der Waals surface area (Å²) in [6, 6.07) is 6.28. The Morgan fingerprint density at radius 3 is 2.70 bits per heavy atom. The predicted octanol–water partition coefficient (Wildman–Crippen LogP) is 4.29. The molecule has 0 saturated carbocycles. The van der Waals surface area contributed by atoms with Crippen molar-refractivity contribution in [3.63, 3.8) is 0 Å². The van der Waals surface area contributed by atoms with Gasteiger partial charge in [-0.3, -0.25) is 0 Å². The summed E-state index contributed by atoms with van der Waals surface area (Å²) in [6.45, 7) is 12.3. The Kier molecular flexibility index (Phi) is 4.35. The van der Waals surface area contributed by atoms with Gasteiger partial charge in [0.15, 0.2) is 8.32 Å². The van der Waals surface area contributed by atoms with Gasteiger partial charge >= 0.3 is 0 Å². The molecule has 0 bridgehead atoms. The molecular weight excluding hydrogens is 264 g/mol. The van der Waals surface area contributed by atoms with Crippen molar-refractivity contribution in [3.05, 3.63) is 36.3 Å². The van der Waals surface area contributed by atoms with Crippen LogP contribution in [-0.4, -0.2) is 24.3 Å². The van der Waals surface area contributed by atoms with Crippen molar-refractivity contribution in [2.75, 3.05) is 6.61 Å². The molecule has 2 heterocycles. The summed E-state index contributed by atoms with van der Waals surface area (Å²) in [4.78, 5) is 4.32. The Balaban J connectivity index is 1.89. The van der Waals surface area contributed by atoms with Gasteiger partial charge < -0.3 is 8.83 Å². The molecule has 0 N–H and O–H groups in total. The molecule has 2 aromatic heterocycles. The Morgan fingerprint density at radius 2 is 2.00 bits per heavy atom. The largest absolute Gasteiger partial charge is 0.417 e. The molecule has 0 fully saturated rings. The smallest absolute Gasteiger partial charge is 0.191 e. The molecule has 0 spiro atoms. The number of nitrogens with zero attached hydrogens (tertiary/aromatic N) is 2. The van der Waals surface area contributed by atoms with Gasteiger partial charge in [-0.05, 0) is 43.1 Å². The molecule has 0 saturated heterocycles. The monoisotopic (exact) mass is 290 g/mol. The third-order valence-corrected chi connectivity index (χ3v) is 8.90. The van der Waals surface area contributed by atoms with Crippen molar-refractivity contribution in [1.82, 2.24) is 9.38 Å². The van der Waals surface area contributed by atoms with Crippen molar-refractivity contribution in [3.8, 4) is 0 Å². The van der Waals surface area contributed by atoms with E-state index in [4.69, 9.17) is 4.43 Å². The molecule has 110 valence electrons.